The Bertz CT molecular complexity index is 1350. The molecule has 31 heavy (non-hydrogen) atoms. The van der Waals surface area contributed by atoms with Crippen LogP contribution in [0.25, 0.3) is 33.9 Å². The van der Waals surface area contributed by atoms with Gasteiger partial charge in [0, 0.05) is 41.7 Å². The van der Waals surface area contributed by atoms with Crippen molar-refractivity contribution in [3.8, 4) is 28.0 Å². The molecule has 2 heterocycles. The molecule has 0 spiro atoms. The summed E-state index contributed by atoms with van der Waals surface area (Å²) < 4.78 is 1.94. The molecule has 1 aliphatic rings. The Balaban J connectivity index is 1.55. The van der Waals surface area contributed by atoms with E-state index in [4.69, 9.17) is 11.6 Å². The summed E-state index contributed by atoms with van der Waals surface area (Å²) in [6, 6.07) is 20.8. The van der Waals surface area contributed by atoms with E-state index in [2.05, 4.69) is 5.32 Å². The predicted octanol–water partition coefficient (Wildman–Crippen LogP) is 6.21. The van der Waals surface area contributed by atoms with E-state index in [1.54, 1.807) is 18.2 Å². The van der Waals surface area contributed by atoms with Gasteiger partial charge in [-0.3, -0.25) is 4.79 Å². The number of carbonyl (C=O) groups excluding carboxylic acids is 1. The SMILES string of the molecule is Cn1ccc(/C=C2\C(=O)Nc3cc(Cl)c(-c4ccc(-c5ccccc5O)cc4)cc32)c1. The van der Waals surface area contributed by atoms with Crippen LogP contribution in [0, 0.1) is 0 Å². The van der Waals surface area contributed by atoms with Gasteiger partial charge in [0.15, 0.2) is 0 Å². The van der Waals surface area contributed by atoms with Crippen molar-refractivity contribution in [2.24, 2.45) is 7.05 Å². The molecule has 0 aliphatic carbocycles. The van der Waals surface area contributed by atoms with Gasteiger partial charge < -0.3 is 15.0 Å². The predicted molar refractivity (Wildman–Crippen MR) is 126 cm³/mol. The van der Waals surface area contributed by atoms with Crippen LogP contribution in [0.3, 0.4) is 0 Å². The molecule has 5 rings (SSSR count). The van der Waals surface area contributed by atoms with Gasteiger partial charge in [-0.25, -0.2) is 0 Å². The molecule has 4 nitrogen and oxygen atoms in total. The van der Waals surface area contributed by atoms with Gasteiger partial charge in [0.2, 0.25) is 0 Å². The van der Waals surface area contributed by atoms with E-state index in [0.717, 1.165) is 33.4 Å². The van der Waals surface area contributed by atoms with Crippen molar-refractivity contribution < 1.29 is 9.90 Å². The van der Waals surface area contributed by atoms with Crippen molar-refractivity contribution in [1.82, 2.24) is 4.57 Å². The third kappa shape index (κ3) is 3.51. The Labute approximate surface area is 185 Å². The summed E-state index contributed by atoms with van der Waals surface area (Å²) in [6.45, 7) is 0. The average Bonchev–Trinajstić information content (AvgIpc) is 3.30. The number of amides is 1. The van der Waals surface area contributed by atoms with Gasteiger partial charge in [-0.1, -0.05) is 54.1 Å². The summed E-state index contributed by atoms with van der Waals surface area (Å²) in [5.74, 6) is 0.105. The second-order valence-electron chi connectivity index (χ2n) is 7.59. The summed E-state index contributed by atoms with van der Waals surface area (Å²) in [7, 11) is 1.95. The van der Waals surface area contributed by atoms with Gasteiger partial charge in [-0.2, -0.15) is 0 Å². The number of nitrogens with one attached hydrogen (secondary N) is 1. The molecule has 0 unspecified atom stereocenters. The van der Waals surface area contributed by atoms with Crippen LogP contribution in [-0.4, -0.2) is 15.6 Å². The molecular weight excluding hydrogens is 408 g/mol. The monoisotopic (exact) mass is 426 g/mol. The first-order chi connectivity index (χ1) is 15.0. The lowest BCUT2D eigenvalue weighted by molar-refractivity contribution is -0.110. The lowest BCUT2D eigenvalue weighted by Gasteiger charge is -2.10. The molecule has 0 saturated heterocycles. The van der Waals surface area contributed by atoms with E-state index >= 15 is 0 Å². The van der Waals surface area contributed by atoms with E-state index in [9.17, 15) is 9.90 Å². The minimum atomic E-state index is -0.137. The number of para-hydroxylation sites is 1. The maximum Gasteiger partial charge on any atom is 0.256 e. The molecule has 0 atom stereocenters. The van der Waals surface area contributed by atoms with E-state index in [1.807, 2.05) is 78.6 Å². The first-order valence-electron chi connectivity index (χ1n) is 9.87. The summed E-state index contributed by atoms with van der Waals surface area (Å²) in [6.07, 6.45) is 5.80. The lowest BCUT2D eigenvalue weighted by Crippen LogP contribution is -2.03. The minimum absolute atomic E-state index is 0.137. The second-order valence-corrected chi connectivity index (χ2v) is 8.00. The molecule has 4 aromatic rings. The van der Waals surface area contributed by atoms with Gasteiger partial charge in [0.05, 0.1) is 10.7 Å². The number of benzene rings is 3. The van der Waals surface area contributed by atoms with E-state index in [0.29, 0.717) is 16.3 Å². The molecule has 1 aliphatic heterocycles. The van der Waals surface area contributed by atoms with Gasteiger partial charge in [0.1, 0.15) is 5.75 Å². The number of phenolic OH excluding ortho intramolecular Hbond substituents is 1. The van der Waals surface area contributed by atoms with Gasteiger partial charge in [0.25, 0.3) is 5.91 Å². The third-order valence-corrected chi connectivity index (χ3v) is 5.78. The quantitative estimate of drug-likeness (QED) is 0.382. The van der Waals surface area contributed by atoms with Crippen molar-refractivity contribution in [3.05, 3.63) is 95.3 Å². The number of aryl methyl sites for hydroxylation is 1. The molecule has 5 heteroatoms. The highest BCUT2D eigenvalue weighted by molar-refractivity contribution is 6.38. The van der Waals surface area contributed by atoms with Gasteiger partial charge in [-0.05, 0) is 47.0 Å². The summed E-state index contributed by atoms with van der Waals surface area (Å²) >= 11 is 6.57. The number of hydrogen-bond donors (Lipinski definition) is 2. The first kappa shape index (κ1) is 19.2. The molecule has 2 N–H and O–H groups in total. The van der Waals surface area contributed by atoms with Crippen LogP contribution in [0.2, 0.25) is 5.02 Å². The third-order valence-electron chi connectivity index (χ3n) is 5.47. The first-order valence-corrected chi connectivity index (χ1v) is 10.2. The summed E-state index contributed by atoms with van der Waals surface area (Å²) in [5, 5.41) is 13.6. The fourth-order valence-corrected chi connectivity index (χ4v) is 4.17. The fourth-order valence-electron chi connectivity index (χ4n) is 3.90. The fraction of sp³-hybridized carbons (Fsp3) is 0.0385. The number of rotatable bonds is 3. The molecule has 0 fully saturated rings. The molecule has 3 aromatic carbocycles. The van der Waals surface area contributed by atoms with E-state index in [1.165, 1.54) is 0 Å². The number of fused-ring (bicyclic) bond motifs is 1. The van der Waals surface area contributed by atoms with Gasteiger partial charge >= 0.3 is 0 Å². The van der Waals surface area contributed by atoms with Crippen LogP contribution >= 0.6 is 11.6 Å². The average molecular weight is 427 g/mol. The number of nitrogens with zero attached hydrogens (tertiary/aromatic N) is 1. The Morgan fingerprint density at radius 1 is 0.935 bits per heavy atom. The van der Waals surface area contributed by atoms with Crippen LogP contribution in [0.15, 0.2) is 79.1 Å². The van der Waals surface area contributed by atoms with Crippen LogP contribution in [0.1, 0.15) is 11.1 Å². The van der Waals surface area contributed by atoms with Crippen LogP contribution < -0.4 is 5.32 Å². The highest BCUT2D eigenvalue weighted by Crippen LogP contribution is 2.41. The smallest absolute Gasteiger partial charge is 0.256 e. The number of phenols is 1. The molecule has 0 bridgehead atoms. The van der Waals surface area contributed by atoms with Crippen LogP contribution in [0.4, 0.5) is 5.69 Å². The largest absolute Gasteiger partial charge is 0.507 e. The van der Waals surface area contributed by atoms with Crippen molar-refractivity contribution in [1.29, 1.82) is 0 Å². The normalized spacial score (nSPS) is 14.0. The molecule has 0 radical (unpaired) electrons. The molecule has 152 valence electrons. The van der Waals surface area contributed by atoms with E-state index < -0.39 is 0 Å². The zero-order chi connectivity index (χ0) is 21.5. The van der Waals surface area contributed by atoms with Gasteiger partial charge in [-0.15, -0.1) is 0 Å². The standard InChI is InChI=1S/C26H19ClN2O2/c1-29-11-10-16(15-29)12-22-21-13-20(23(27)14-24(21)28-26(22)31)18-8-6-17(7-9-18)19-4-2-3-5-25(19)30/h2-15,30H,1H3,(H,28,31)/b22-12-. The number of aromatic hydroxyl groups is 1. The lowest BCUT2D eigenvalue weighted by atomic mass is 9.96. The van der Waals surface area contributed by atoms with Crippen molar-refractivity contribution in [2.45, 2.75) is 0 Å². The van der Waals surface area contributed by atoms with E-state index in [-0.39, 0.29) is 11.7 Å². The van der Waals surface area contributed by atoms with Crippen molar-refractivity contribution >= 4 is 34.8 Å². The maximum atomic E-state index is 12.6. The number of halogens is 1. The molecular formula is C26H19ClN2O2. The highest BCUT2D eigenvalue weighted by atomic mass is 35.5. The minimum Gasteiger partial charge on any atom is -0.507 e. The summed E-state index contributed by atoms with van der Waals surface area (Å²) in [5.41, 5.74) is 6.60. The number of carbonyl (C=O) groups is 1. The zero-order valence-electron chi connectivity index (χ0n) is 16.8. The number of hydrogen-bond acceptors (Lipinski definition) is 2. The van der Waals surface area contributed by atoms with Crippen LogP contribution in [-0.2, 0) is 11.8 Å². The zero-order valence-corrected chi connectivity index (χ0v) is 17.5. The maximum absolute atomic E-state index is 12.6. The van der Waals surface area contributed by atoms with Crippen molar-refractivity contribution in [3.63, 3.8) is 0 Å². The Hall–Kier alpha value is -3.76. The second kappa shape index (κ2) is 7.49. The summed E-state index contributed by atoms with van der Waals surface area (Å²) in [4.78, 5) is 12.6. The molecule has 0 saturated carbocycles. The topological polar surface area (TPSA) is 54.3 Å². The highest BCUT2D eigenvalue weighted by Gasteiger charge is 2.26. The number of anilines is 1. The van der Waals surface area contributed by atoms with Crippen molar-refractivity contribution in [2.75, 3.05) is 5.32 Å². The molecule has 1 amide bonds. The Morgan fingerprint density at radius 3 is 2.32 bits per heavy atom. The number of aromatic nitrogens is 1. The van der Waals surface area contributed by atoms with Crippen LogP contribution in [0.5, 0.6) is 5.75 Å². The molecule has 1 aromatic heterocycles. The Morgan fingerprint density at radius 2 is 1.65 bits per heavy atom. The Kier molecular flexibility index (Phi) is 4.64.